The molecule has 0 aliphatic carbocycles. The topological polar surface area (TPSA) is 47.0 Å². The number of methoxy groups -OCH3 is 1. The summed E-state index contributed by atoms with van der Waals surface area (Å²) in [6.45, 7) is 7.00. The van der Waals surface area contributed by atoms with Gasteiger partial charge in [-0.2, -0.15) is 0 Å². The fourth-order valence-electron chi connectivity index (χ4n) is 1.99. The fraction of sp³-hybridized carbons (Fsp3) is 0.692. The molecule has 0 aliphatic heterocycles. The van der Waals surface area contributed by atoms with E-state index in [4.69, 9.17) is 4.74 Å². The van der Waals surface area contributed by atoms with Crippen LogP contribution in [-0.2, 0) is 16.9 Å². The predicted molar refractivity (Wildman–Crippen MR) is 68.8 cm³/mol. The van der Waals surface area contributed by atoms with Crippen LogP contribution in [0.3, 0.4) is 0 Å². The SMILES string of the molecule is CCC(CC)(OC)c1ncc(C)c(CNC)n1. The van der Waals surface area contributed by atoms with Gasteiger partial charge in [0.05, 0.1) is 5.69 Å². The van der Waals surface area contributed by atoms with Crippen molar-refractivity contribution in [2.24, 2.45) is 0 Å². The molecule has 1 N–H and O–H groups in total. The Kier molecular flexibility index (Phi) is 5.02. The molecule has 0 fully saturated rings. The van der Waals surface area contributed by atoms with E-state index in [1.807, 2.05) is 20.2 Å². The van der Waals surface area contributed by atoms with Crippen LogP contribution in [0.15, 0.2) is 6.20 Å². The van der Waals surface area contributed by atoms with Crippen molar-refractivity contribution in [3.8, 4) is 0 Å². The van der Waals surface area contributed by atoms with Gasteiger partial charge in [0, 0.05) is 19.9 Å². The van der Waals surface area contributed by atoms with Crippen molar-refractivity contribution in [1.82, 2.24) is 15.3 Å². The standard InChI is InChI=1S/C13H23N3O/c1-6-13(7-2,17-5)12-15-8-10(3)11(16-12)9-14-4/h8,14H,6-7,9H2,1-5H3. The van der Waals surface area contributed by atoms with Gasteiger partial charge in [-0.05, 0) is 32.4 Å². The maximum Gasteiger partial charge on any atom is 0.160 e. The van der Waals surface area contributed by atoms with Crippen molar-refractivity contribution in [1.29, 1.82) is 0 Å². The molecule has 1 heterocycles. The zero-order chi connectivity index (χ0) is 12.9. The van der Waals surface area contributed by atoms with Crippen molar-refractivity contribution in [2.45, 2.75) is 45.8 Å². The predicted octanol–water partition coefficient (Wildman–Crippen LogP) is 2.17. The Morgan fingerprint density at radius 2 is 2.00 bits per heavy atom. The molecule has 0 aromatic carbocycles. The Hall–Kier alpha value is -1.00. The number of aryl methyl sites for hydroxylation is 1. The molecule has 1 aromatic rings. The van der Waals surface area contributed by atoms with Crippen LogP contribution in [0.1, 0.15) is 43.8 Å². The Balaban J connectivity index is 3.16. The molecule has 0 atom stereocenters. The Morgan fingerprint density at radius 1 is 1.35 bits per heavy atom. The normalized spacial score (nSPS) is 11.8. The molecule has 0 amide bonds. The first-order valence-corrected chi connectivity index (χ1v) is 6.16. The maximum absolute atomic E-state index is 5.65. The summed E-state index contributed by atoms with van der Waals surface area (Å²) in [6.07, 6.45) is 3.64. The third kappa shape index (κ3) is 2.82. The molecule has 0 spiro atoms. The van der Waals surface area contributed by atoms with Gasteiger partial charge < -0.3 is 10.1 Å². The largest absolute Gasteiger partial charge is 0.370 e. The second-order valence-electron chi connectivity index (χ2n) is 4.26. The van der Waals surface area contributed by atoms with Crippen LogP contribution in [0.2, 0.25) is 0 Å². The van der Waals surface area contributed by atoms with Crippen LogP contribution in [0.25, 0.3) is 0 Å². The first-order valence-electron chi connectivity index (χ1n) is 6.16. The van der Waals surface area contributed by atoms with E-state index in [0.29, 0.717) is 0 Å². The summed E-state index contributed by atoms with van der Waals surface area (Å²) in [5.41, 5.74) is 1.80. The molecule has 0 bridgehead atoms. The van der Waals surface area contributed by atoms with Gasteiger partial charge in [0.2, 0.25) is 0 Å². The molecule has 96 valence electrons. The van der Waals surface area contributed by atoms with Crippen LogP contribution >= 0.6 is 0 Å². The number of hydrogen-bond donors (Lipinski definition) is 1. The van der Waals surface area contributed by atoms with Crippen molar-refractivity contribution in [3.05, 3.63) is 23.3 Å². The lowest BCUT2D eigenvalue weighted by Gasteiger charge is -2.28. The summed E-state index contributed by atoms with van der Waals surface area (Å²) < 4.78 is 5.65. The minimum Gasteiger partial charge on any atom is -0.370 e. The molecule has 0 unspecified atom stereocenters. The molecule has 1 aromatic heterocycles. The third-order valence-corrected chi connectivity index (χ3v) is 3.36. The van der Waals surface area contributed by atoms with E-state index in [0.717, 1.165) is 36.5 Å². The van der Waals surface area contributed by atoms with Gasteiger partial charge >= 0.3 is 0 Å². The van der Waals surface area contributed by atoms with Crippen molar-refractivity contribution in [2.75, 3.05) is 14.2 Å². The molecule has 0 saturated heterocycles. The summed E-state index contributed by atoms with van der Waals surface area (Å²) in [4.78, 5) is 9.09. The molecule has 4 heteroatoms. The molecular weight excluding hydrogens is 214 g/mol. The minimum absolute atomic E-state index is 0.351. The van der Waals surface area contributed by atoms with E-state index >= 15 is 0 Å². The highest BCUT2D eigenvalue weighted by atomic mass is 16.5. The van der Waals surface area contributed by atoms with Crippen LogP contribution < -0.4 is 5.32 Å². The summed E-state index contributed by atoms with van der Waals surface area (Å²) >= 11 is 0. The lowest BCUT2D eigenvalue weighted by Crippen LogP contribution is -2.30. The second-order valence-corrected chi connectivity index (χ2v) is 4.26. The van der Waals surface area contributed by atoms with Crippen LogP contribution in [0.5, 0.6) is 0 Å². The van der Waals surface area contributed by atoms with E-state index in [2.05, 4.69) is 29.1 Å². The second kappa shape index (κ2) is 6.07. The number of aromatic nitrogens is 2. The Morgan fingerprint density at radius 3 is 2.47 bits per heavy atom. The first kappa shape index (κ1) is 14.1. The van der Waals surface area contributed by atoms with Crippen LogP contribution in [-0.4, -0.2) is 24.1 Å². The smallest absolute Gasteiger partial charge is 0.160 e. The highest BCUT2D eigenvalue weighted by Crippen LogP contribution is 2.29. The molecule has 0 saturated carbocycles. The van der Waals surface area contributed by atoms with Gasteiger partial charge in [-0.25, -0.2) is 9.97 Å². The highest BCUT2D eigenvalue weighted by molar-refractivity contribution is 5.18. The van der Waals surface area contributed by atoms with E-state index in [1.54, 1.807) is 7.11 Å². The number of ether oxygens (including phenoxy) is 1. The van der Waals surface area contributed by atoms with Crippen LogP contribution in [0.4, 0.5) is 0 Å². The maximum atomic E-state index is 5.65. The van der Waals surface area contributed by atoms with Gasteiger partial charge in [0.15, 0.2) is 5.82 Å². The van der Waals surface area contributed by atoms with E-state index in [9.17, 15) is 0 Å². The summed E-state index contributed by atoms with van der Waals surface area (Å²) in [5, 5.41) is 3.13. The zero-order valence-electron chi connectivity index (χ0n) is 11.5. The monoisotopic (exact) mass is 237 g/mol. The Bertz CT molecular complexity index is 353. The van der Waals surface area contributed by atoms with Gasteiger partial charge in [-0.3, -0.25) is 0 Å². The molecular formula is C13H23N3O. The number of rotatable bonds is 6. The quantitative estimate of drug-likeness (QED) is 0.823. The highest BCUT2D eigenvalue weighted by Gasteiger charge is 2.31. The number of nitrogens with one attached hydrogen (secondary N) is 1. The lowest BCUT2D eigenvalue weighted by molar-refractivity contribution is -0.0293. The average molecular weight is 237 g/mol. The molecule has 1 rings (SSSR count). The average Bonchev–Trinajstić information content (AvgIpc) is 2.36. The number of hydrogen-bond acceptors (Lipinski definition) is 4. The molecule has 4 nitrogen and oxygen atoms in total. The summed E-state index contributed by atoms with van der Waals surface area (Å²) in [5.74, 6) is 0.792. The first-order chi connectivity index (χ1) is 8.13. The van der Waals surface area contributed by atoms with Gasteiger partial charge in [0.1, 0.15) is 5.60 Å². The molecule has 0 radical (unpaired) electrons. The van der Waals surface area contributed by atoms with E-state index in [-0.39, 0.29) is 5.60 Å². The van der Waals surface area contributed by atoms with Crippen LogP contribution in [0, 0.1) is 6.92 Å². The molecule has 17 heavy (non-hydrogen) atoms. The van der Waals surface area contributed by atoms with Gasteiger partial charge in [-0.15, -0.1) is 0 Å². The summed E-state index contributed by atoms with van der Waals surface area (Å²) in [7, 11) is 3.65. The van der Waals surface area contributed by atoms with Crippen molar-refractivity contribution < 1.29 is 4.74 Å². The Labute approximate surface area is 104 Å². The van der Waals surface area contributed by atoms with E-state index in [1.165, 1.54) is 0 Å². The molecule has 0 aliphatic rings. The zero-order valence-corrected chi connectivity index (χ0v) is 11.5. The lowest BCUT2D eigenvalue weighted by atomic mass is 9.95. The number of nitrogens with zero attached hydrogens (tertiary/aromatic N) is 2. The van der Waals surface area contributed by atoms with Gasteiger partial charge in [0.25, 0.3) is 0 Å². The van der Waals surface area contributed by atoms with Crippen molar-refractivity contribution in [3.63, 3.8) is 0 Å². The third-order valence-electron chi connectivity index (χ3n) is 3.36. The summed E-state index contributed by atoms with van der Waals surface area (Å²) in [6, 6.07) is 0. The van der Waals surface area contributed by atoms with E-state index < -0.39 is 0 Å². The van der Waals surface area contributed by atoms with Gasteiger partial charge in [-0.1, -0.05) is 13.8 Å². The fourth-order valence-corrected chi connectivity index (χ4v) is 1.99. The van der Waals surface area contributed by atoms with Crippen molar-refractivity contribution >= 4 is 0 Å². The minimum atomic E-state index is -0.351.